The van der Waals surface area contributed by atoms with Crippen LogP contribution in [0, 0.1) is 0 Å². The van der Waals surface area contributed by atoms with Gasteiger partial charge < -0.3 is 15.3 Å². The minimum absolute atomic E-state index is 0.0279. The molecule has 0 bridgehead atoms. The molecule has 0 aromatic rings. The van der Waals surface area contributed by atoms with Gasteiger partial charge in [0.25, 0.3) is 0 Å². The van der Waals surface area contributed by atoms with E-state index in [1.807, 2.05) is 6.92 Å². The minimum Gasteiger partial charge on any atom is -0.513 e. The third-order valence-corrected chi connectivity index (χ3v) is 1.87. The molecule has 0 heterocycles. The van der Waals surface area contributed by atoms with Gasteiger partial charge >= 0.3 is 0 Å². The Labute approximate surface area is 79.7 Å². The molecule has 0 saturated heterocycles. The lowest BCUT2D eigenvalue weighted by atomic mass is 10.1. The minimum atomic E-state index is -0.261. The van der Waals surface area contributed by atoms with Crippen LogP contribution in [0.5, 0.6) is 0 Å². The molecule has 0 saturated carbocycles. The summed E-state index contributed by atoms with van der Waals surface area (Å²) in [5.74, 6) is 0.214. The van der Waals surface area contributed by atoms with Crippen LogP contribution in [0.3, 0.4) is 0 Å². The van der Waals surface area contributed by atoms with Crippen molar-refractivity contribution >= 4 is 0 Å². The number of hydrogen-bond acceptors (Lipinski definition) is 3. The predicted octanol–water partition coefficient (Wildman–Crippen LogP) is 1.75. The first-order chi connectivity index (χ1) is 6.20. The SMILES string of the molecule is CCCC(O)CC/C=C(/O)CCO. The third kappa shape index (κ3) is 7.81. The highest BCUT2D eigenvalue weighted by molar-refractivity contribution is 4.90. The first kappa shape index (κ1) is 12.5. The topological polar surface area (TPSA) is 60.7 Å². The van der Waals surface area contributed by atoms with Crippen LogP contribution in [0.15, 0.2) is 11.8 Å². The zero-order chi connectivity index (χ0) is 10.1. The maximum Gasteiger partial charge on any atom is 0.0905 e. The summed E-state index contributed by atoms with van der Waals surface area (Å²) >= 11 is 0. The molecule has 0 rings (SSSR count). The van der Waals surface area contributed by atoms with E-state index in [2.05, 4.69) is 0 Å². The van der Waals surface area contributed by atoms with Crippen LogP contribution in [-0.2, 0) is 0 Å². The molecule has 0 fully saturated rings. The quantitative estimate of drug-likeness (QED) is 0.533. The lowest BCUT2D eigenvalue weighted by molar-refractivity contribution is 0.154. The van der Waals surface area contributed by atoms with E-state index in [9.17, 15) is 5.11 Å². The summed E-state index contributed by atoms with van der Waals surface area (Å²) in [5.41, 5.74) is 0. The second kappa shape index (κ2) is 8.08. The molecule has 3 nitrogen and oxygen atoms in total. The Hall–Kier alpha value is -0.540. The lowest BCUT2D eigenvalue weighted by Crippen LogP contribution is -2.04. The smallest absolute Gasteiger partial charge is 0.0905 e. The summed E-state index contributed by atoms with van der Waals surface area (Å²) in [6.07, 6.45) is 4.86. The zero-order valence-electron chi connectivity index (χ0n) is 8.24. The first-order valence-corrected chi connectivity index (χ1v) is 4.87. The van der Waals surface area contributed by atoms with Crippen LogP contribution in [0.1, 0.15) is 39.0 Å². The number of aliphatic hydroxyl groups excluding tert-OH is 3. The Kier molecular flexibility index (Phi) is 7.74. The highest BCUT2D eigenvalue weighted by Gasteiger charge is 2.00. The molecular weight excluding hydrogens is 168 g/mol. The van der Waals surface area contributed by atoms with E-state index in [0.29, 0.717) is 19.3 Å². The standard InChI is InChI=1S/C10H20O3/c1-2-4-9(12)5-3-6-10(13)7-8-11/h6,9,11-13H,2-5,7-8H2,1H3/b10-6+. The van der Waals surface area contributed by atoms with E-state index in [1.165, 1.54) is 0 Å². The van der Waals surface area contributed by atoms with Gasteiger partial charge in [-0.15, -0.1) is 0 Å². The molecule has 1 atom stereocenters. The highest BCUT2D eigenvalue weighted by Crippen LogP contribution is 2.06. The van der Waals surface area contributed by atoms with Gasteiger partial charge in [-0.3, -0.25) is 0 Å². The summed E-state index contributed by atoms with van der Waals surface area (Å²) in [6.45, 7) is 2.00. The van der Waals surface area contributed by atoms with E-state index in [-0.39, 0.29) is 18.5 Å². The van der Waals surface area contributed by atoms with Crippen LogP contribution in [0.2, 0.25) is 0 Å². The predicted molar refractivity (Wildman–Crippen MR) is 52.6 cm³/mol. The van der Waals surface area contributed by atoms with Crippen molar-refractivity contribution in [3.05, 3.63) is 11.8 Å². The molecule has 3 heteroatoms. The van der Waals surface area contributed by atoms with Crippen molar-refractivity contribution in [3.8, 4) is 0 Å². The average molecular weight is 188 g/mol. The second-order valence-corrected chi connectivity index (χ2v) is 3.19. The van der Waals surface area contributed by atoms with Crippen LogP contribution in [-0.4, -0.2) is 28.0 Å². The largest absolute Gasteiger partial charge is 0.513 e. The second-order valence-electron chi connectivity index (χ2n) is 3.19. The molecule has 0 aromatic carbocycles. The number of rotatable bonds is 7. The maximum atomic E-state index is 9.33. The van der Waals surface area contributed by atoms with E-state index in [1.54, 1.807) is 6.08 Å². The van der Waals surface area contributed by atoms with Crippen molar-refractivity contribution < 1.29 is 15.3 Å². The van der Waals surface area contributed by atoms with Gasteiger partial charge in [0.15, 0.2) is 0 Å². The van der Waals surface area contributed by atoms with Gasteiger partial charge in [-0.1, -0.05) is 13.3 Å². The Morgan fingerprint density at radius 3 is 2.62 bits per heavy atom. The van der Waals surface area contributed by atoms with Gasteiger partial charge in [0.2, 0.25) is 0 Å². The van der Waals surface area contributed by atoms with Crippen molar-refractivity contribution in [1.82, 2.24) is 0 Å². The summed E-state index contributed by atoms with van der Waals surface area (Å²) < 4.78 is 0. The Balaban J connectivity index is 3.47. The van der Waals surface area contributed by atoms with Crippen LogP contribution < -0.4 is 0 Å². The molecule has 3 N–H and O–H groups in total. The van der Waals surface area contributed by atoms with Crippen LogP contribution >= 0.6 is 0 Å². The summed E-state index contributed by atoms with van der Waals surface area (Å²) in [7, 11) is 0. The monoisotopic (exact) mass is 188 g/mol. The van der Waals surface area contributed by atoms with Gasteiger partial charge in [-0.05, 0) is 25.3 Å². The van der Waals surface area contributed by atoms with E-state index >= 15 is 0 Å². The molecule has 0 aliphatic heterocycles. The molecule has 0 aliphatic carbocycles. The number of aliphatic hydroxyl groups is 3. The highest BCUT2D eigenvalue weighted by atomic mass is 16.3. The van der Waals surface area contributed by atoms with E-state index in [4.69, 9.17) is 10.2 Å². The fourth-order valence-corrected chi connectivity index (χ4v) is 1.14. The lowest BCUT2D eigenvalue weighted by Gasteiger charge is -2.06. The number of allylic oxidation sites excluding steroid dienone is 1. The molecule has 0 radical (unpaired) electrons. The maximum absolute atomic E-state index is 9.33. The van der Waals surface area contributed by atoms with Crippen molar-refractivity contribution in [2.45, 2.75) is 45.1 Å². The molecule has 0 amide bonds. The average Bonchev–Trinajstić information content (AvgIpc) is 2.05. The molecule has 0 spiro atoms. The summed E-state index contributed by atoms with van der Waals surface area (Å²) in [6, 6.07) is 0. The molecule has 13 heavy (non-hydrogen) atoms. The fraction of sp³-hybridized carbons (Fsp3) is 0.800. The van der Waals surface area contributed by atoms with Gasteiger partial charge in [0.1, 0.15) is 0 Å². The van der Waals surface area contributed by atoms with Crippen molar-refractivity contribution in [2.75, 3.05) is 6.61 Å². The Morgan fingerprint density at radius 1 is 1.38 bits per heavy atom. The molecule has 1 unspecified atom stereocenters. The molecular formula is C10H20O3. The van der Waals surface area contributed by atoms with E-state index in [0.717, 1.165) is 12.8 Å². The third-order valence-electron chi connectivity index (χ3n) is 1.87. The Morgan fingerprint density at radius 2 is 2.08 bits per heavy atom. The number of hydrogen-bond donors (Lipinski definition) is 3. The molecule has 78 valence electrons. The first-order valence-electron chi connectivity index (χ1n) is 4.87. The van der Waals surface area contributed by atoms with Gasteiger partial charge in [-0.2, -0.15) is 0 Å². The zero-order valence-corrected chi connectivity index (χ0v) is 8.24. The van der Waals surface area contributed by atoms with E-state index < -0.39 is 0 Å². The van der Waals surface area contributed by atoms with Crippen molar-refractivity contribution in [3.63, 3.8) is 0 Å². The fourth-order valence-electron chi connectivity index (χ4n) is 1.14. The van der Waals surface area contributed by atoms with Gasteiger partial charge in [0, 0.05) is 6.42 Å². The normalized spacial score (nSPS) is 14.5. The van der Waals surface area contributed by atoms with Crippen molar-refractivity contribution in [1.29, 1.82) is 0 Å². The van der Waals surface area contributed by atoms with Crippen LogP contribution in [0.4, 0.5) is 0 Å². The van der Waals surface area contributed by atoms with Crippen LogP contribution in [0.25, 0.3) is 0 Å². The summed E-state index contributed by atoms with van der Waals surface area (Å²) in [5, 5.41) is 26.9. The Bertz CT molecular complexity index is 143. The molecule has 0 aromatic heterocycles. The summed E-state index contributed by atoms with van der Waals surface area (Å²) in [4.78, 5) is 0. The molecule has 0 aliphatic rings. The van der Waals surface area contributed by atoms with Gasteiger partial charge in [-0.25, -0.2) is 0 Å². The van der Waals surface area contributed by atoms with Crippen molar-refractivity contribution in [2.24, 2.45) is 0 Å². The van der Waals surface area contributed by atoms with Gasteiger partial charge in [0.05, 0.1) is 18.5 Å².